The Labute approximate surface area is 231 Å². The molecule has 0 aromatic heterocycles. The molecule has 16 heteroatoms. The molecule has 0 spiro atoms. The fourth-order valence-corrected chi connectivity index (χ4v) is 3.49. The standard InChI is InChI=1S/C24H40N10O6/c25-15(8-4-10-30-23(26)27)19(36)32-16(9-5-11-31-24(28)29)20(37)34-18(13-35)21(38)33-17(22(39)40)12-14-6-2-1-3-7-14/h1-3,6-7,15-18,35H,4-5,8-13,25H2,(H,32,36)(H,33,38)(H,34,37)(H,39,40)(H4,26,27,30)(H4,28,29,31). The number of aliphatic imine (C=N–C) groups is 2. The van der Waals surface area contributed by atoms with Gasteiger partial charge in [0.05, 0.1) is 12.6 Å². The summed E-state index contributed by atoms with van der Waals surface area (Å²) < 4.78 is 0. The summed E-state index contributed by atoms with van der Waals surface area (Å²) in [5.41, 5.74) is 27.8. The van der Waals surface area contributed by atoms with Crippen LogP contribution in [0.3, 0.4) is 0 Å². The van der Waals surface area contributed by atoms with Crippen molar-refractivity contribution in [1.29, 1.82) is 0 Å². The van der Waals surface area contributed by atoms with Crippen molar-refractivity contribution in [2.75, 3.05) is 19.7 Å². The van der Waals surface area contributed by atoms with E-state index in [0.717, 1.165) is 0 Å². The number of amides is 3. The molecule has 0 bridgehead atoms. The second-order valence-electron chi connectivity index (χ2n) is 8.90. The lowest BCUT2D eigenvalue weighted by Gasteiger charge is -2.24. The first-order valence-electron chi connectivity index (χ1n) is 12.6. The van der Waals surface area contributed by atoms with Crippen molar-refractivity contribution in [3.8, 4) is 0 Å². The van der Waals surface area contributed by atoms with E-state index in [2.05, 4.69) is 25.9 Å². The van der Waals surface area contributed by atoms with Gasteiger partial charge in [0.15, 0.2) is 11.9 Å². The molecule has 0 aliphatic rings. The Morgan fingerprint density at radius 3 is 1.77 bits per heavy atom. The minimum Gasteiger partial charge on any atom is -0.480 e. The molecule has 4 atom stereocenters. The van der Waals surface area contributed by atoms with Crippen LogP contribution in [0.25, 0.3) is 0 Å². The van der Waals surface area contributed by atoms with E-state index in [0.29, 0.717) is 12.0 Å². The number of carboxylic acid groups (broad SMARTS) is 1. The Balaban J connectivity index is 2.88. The van der Waals surface area contributed by atoms with E-state index in [1.807, 2.05) is 0 Å². The van der Waals surface area contributed by atoms with Crippen molar-refractivity contribution in [3.05, 3.63) is 35.9 Å². The van der Waals surface area contributed by atoms with Crippen molar-refractivity contribution in [2.24, 2.45) is 38.7 Å². The summed E-state index contributed by atoms with van der Waals surface area (Å²) in [6.45, 7) is -0.398. The highest BCUT2D eigenvalue weighted by molar-refractivity contribution is 5.94. The first kappa shape index (κ1) is 33.6. The Kier molecular flexibility index (Phi) is 15.1. The van der Waals surface area contributed by atoms with E-state index in [1.54, 1.807) is 30.3 Å². The van der Waals surface area contributed by atoms with Crippen LogP contribution < -0.4 is 44.6 Å². The quantitative estimate of drug-likeness (QED) is 0.0468. The monoisotopic (exact) mass is 564 g/mol. The Hall–Kier alpha value is -4.44. The largest absolute Gasteiger partial charge is 0.480 e. The van der Waals surface area contributed by atoms with Gasteiger partial charge in [-0.1, -0.05) is 30.3 Å². The van der Waals surface area contributed by atoms with Gasteiger partial charge in [-0.15, -0.1) is 0 Å². The number of aliphatic hydroxyl groups is 1. The minimum absolute atomic E-state index is 0.0153. The maximum atomic E-state index is 13.0. The van der Waals surface area contributed by atoms with Crippen LogP contribution in [-0.4, -0.2) is 89.7 Å². The van der Waals surface area contributed by atoms with E-state index in [4.69, 9.17) is 28.7 Å². The van der Waals surface area contributed by atoms with Gasteiger partial charge >= 0.3 is 5.97 Å². The smallest absolute Gasteiger partial charge is 0.326 e. The van der Waals surface area contributed by atoms with Gasteiger partial charge in [0.25, 0.3) is 0 Å². The normalized spacial score (nSPS) is 13.6. The molecule has 15 N–H and O–H groups in total. The zero-order chi connectivity index (χ0) is 30.1. The highest BCUT2D eigenvalue weighted by Gasteiger charge is 2.30. The van der Waals surface area contributed by atoms with Crippen molar-refractivity contribution in [1.82, 2.24) is 16.0 Å². The molecular weight excluding hydrogens is 524 g/mol. The number of carboxylic acids is 1. The molecular formula is C24H40N10O6. The number of carbonyl (C=O) groups excluding carboxylic acids is 3. The topological polar surface area (TPSA) is 300 Å². The van der Waals surface area contributed by atoms with Gasteiger partial charge in [0, 0.05) is 19.5 Å². The lowest BCUT2D eigenvalue weighted by Crippen LogP contribution is -2.58. The average molecular weight is 565 g/mol. The van der Waals surface area contributed by atoms with Crippen LogP contribution in [0, 0.1) is 0 Å². The molecule has 0 aliphatic carbocycles. The molecule has 0 saturated heterocycles. The zero-order valence-electron chi connectivity index (χ0n) is 22.2. The summed E-state index contributed by atoms with van der Waals surface area (Å²) in [7, 11) is 0. The SMILES string of the molecule is NC(N)=NCCCC(N)C(=O)NC(CCCN=C(N)N)C(=O)NC(CO)C(=O)NC(Cc1ccccc1)C(=O)O. The molecule has 0 fully saturated rings. The maximum absolute atomic E-state index is 13.0. The number of hydrogen-bond acceptors (Lipinski definition) is 8. The molecule has 40 heavy (non-hydrogen) atoms. The van der Waals surface area contributed by atoms with Gasteiger partial charge in [-0.05, 0) is 31.2 Å². The number of nitrogens with zero attached hydrogens (tertiary/aromatic N) is 2. The van der Waals surface area contributed by atoms with Crippen LogP contribution in [0.2, 0.25) is 0 Å². The van der Waals surface area contributed by atoms with Crippen LogP contribution in [0.1, 0.15) is 31.2 Å². The summed E-state index contributed by atoms with van der Waals surface area (Å²) in [5.74, 6) is -3.87. The first-order valence-corrected chi connectivity index (χ1v) is 12.6. The summed E-state index contributed by atoms with van der Waals surface area (Å²) in [5, 5.41) is 26.5. The third-order valence-corrected chi connectivity index (χ3v) is 5.60. The van der Waals surface area contributed by atoms with Crippen LogP contribution in [0.5, 0.6) is 0 Å². The molecule has 1 rings (SSSR count). The van der Waals surface area contributed by atoms with Crippen LogP contribution in [-0.2, 0) is 25.6 Å². The van der Waals surface area contributed by atoms with Gasteiger partial charge < -0.3 is 54.8 Å². The number of nitrogens with two attached hydrogens (primary N) is 5. The Bertz CT molecular complexity index is 1030. The average Bonchev–Trinajstić information content (AvgIpc) is 2.90. The minimum atomic E-state index is -1.49. The van der Waals surface area contributed by atoms with Crippen molar-refractivity contribution < 1.29 is 29.4 Å². The van der Waals surface area contributed by atoms with Gasteiger partial charge in [-0.2, -0.15) is 0 Å². The lowest BCUT2D eigenvalue weighted by molar-refractivity contribution is -0.142. The first-order chi connectivity index (χ1) is 18.9. The van der Waals surface area contributed by atoms with E-state index in [1.165, 1.54) is 0 Å². The number of rotatable bonds is 18. The number of nitrogens with one attached hydrogen (secondary N) is 3. The van der Waals surface area contributed by atoms with Crippen molar-refractivity contribution in [3.63, 3.8) is 0 Å². The van der Waals surface area contributed by atoms with Crippen molar-refractivity contribution >= 4 is 35.6 Å². The van der Waals surface area contributed by atoms with Crippen molar-refractivity contribution in [2.45, 2.75) is 56.3 Å². The molecule has 3 amide bonds. The molecule has 1 aromatic carbocycles. The third kappa shape index (κ3) is 13.4. The maximum Gasteiger partial charge on any atom is 0.326 e. The molecule has 1 aromatic rings. The summed E-state index contributed by atoms with van der Waals surface area (Å²) >= 11 is 0. The Morgan fingerprint density at radius 1 is 0.750 bits per heavy atom. The molecule has 0 radical (unpaired) electrons. The number of aliphatic carboxylic acids is 1. The van der Waals surface area contributed by atoms with Crippen LogP contribution in [0.15, 0.2) is 40.3 Å². The van der Waals surface area contributed by atoms with Gasteiger partial charge in [-0.25, -0.2) is 4.79 Å². The van der Waals surface area contributed by atoms with Gasteiger partial charge in [0.2, 0.25) is 17.7 Å². The summed E-state index contributed by atoms with van der Waals surface area (Å²) in [6.07, 6.45) is 0.974. The van der Waals surface area contributed by atoms with E-state index in [-0.39, 0.29) is 50.7 Å². The van der Waals surface area contributed by atoms with Gasteiger partial charge in [-0.3, -0.25) is 24.4 Å². The second kappa shape index (κ2) is 18.0. The summed E-state index contributed by atoms with van der Waals surface area (Å²) in [6, 6.07) is 3.68. The van der Waals surface area contributed by atoms with Crippen LogP contribution in [0.4, 0.5) is 0 Å². The fraction of sp³-hybridized carbons (Fsp3) is 0.500. The van der Waals surface area contributed by atoms with Crippen LogP contribution >= 0.6 is 0 Å². The molecule has 0 aliphatic heterocycles. The molecule has 16 nitrogen and oxygen atoms in total. The Morgan fingerprint density at radius 2 is 1.25 bits per heavy atom. The predicted molar refractivity (Wildman–Crippen MR) is 148 cm³/mol. The number of benzene rings is 1. The molecule has 222 valence electrons. The molecule has 0 heterocycles. The zero-order valence-corrected chi connectivity index (χ0v) is 22.2. The number of guanidine groups is 2. The number of hydrogen-bond donors (Lipinski definition) is 10. The predicted octanol–water partition coefficient (Wildman–Crippen LogP) is -3.81. The van der Waals surface area contributed by atoms with E-state index < -0.39 is 54.5 Å². The molecule has 4 unspecified atom stereocenters. The highest BCUT2D eigenvalue weighted by Crippen LogP contribution is 2.05. The second-order valence-corrected chi connectivity index (χ2v) is 8.90. The third-order valence-electron chi connectivity index (χ3n) is 5.60. The van der Waals surface area contributed by atoms with E-state index >= 15 is 0 Å². The molecule has 0 saturated carbocycles. The fourth-order valence-electron chi connectivity index (χ4n) is 3.49. The van der Waals surface area contributed by atoms with E-state index in [9.17, 15) is 29.4 Å². The van der Waals surface area contributed by atoms with Gasteiger partial charge in [0.1, 0.15) is 18.1 Å². The lowest BCUT2D eigenvalue weighted by atomic mass is 10.1. The number of aliphatic hydroxyl groups excluding tert-OH is 1. The highest BCUT2D eigenvalue weighted by atomic mass is 16.4. The summed E-state index contributed by atoms with van der Waals surface area (Å²) in [4.78, 5) is 57.8. The number of carbonyl (C=O) groups is 4.